The van der Waals surface area contributed by atoms with Crippen molar-refractivity contribution in [2.75, 3.05) is 19.0 Å². The van der Waals surface area contributed by atoms with Crippen molar-refractivity contribution < 1.29 is 27.5 Å². The van der Waals surface area contributed by atoms with Crippen molar-refractivity contribution in [3.8, 4) is 5.75 Å². The van der Waals surface area contributed by atoms with E-state index in [1.165, 1.54) is 35.2 Å². The zero-order valence-electron chi connectivity index (χ0n) is 20.5. The Hall–Kier alpha value is -3.21. The normalized spacial score (nSPS) is 16.9. The highest BCUT2D eigenvalue weighted by Crippen LogP contribution is 2.34. The summed E-state index contributed by atoms with van der Waals surface area (Å²) in [4.78, 5) is 32.1. The molecule has 4 rings (SSSR count). The molecule has 0 spiro atoms. The lowest BCUT2D eigenvalue weighted by Gasteiger charge is -2.32. The first kappa shape index (κ1) is 28.8. The maximum absolute atomic E-state index is 13.3. The number of aliphatic imine (C=N–C) groups is 1. The molecule has 1 atom stereocenters. The van der Waals surface area contributed by atoms with Crippen molar-refractivity contribution in [3.05, 3.63) is 87.9 Å². The lowest BCUT2D eigenvalue weighted by molar-refractivity contribution is -0.137. The SMILES string of the molecule is COc1ccc(CCN2C(=O)CC(C(=O)Nc3cc(Cl)cc(Cl)c3)SC2=Nc2cccc(C(F)(F)F)c2)cc1. The number of carbonyl (C=O) groups excluding carboxylic acids is 2. The van der Waals surface area contributed by atoms with Gasteiger partial charge in [-0.3, -0.25) is 14.5 Å². The number of nitrogens with one attached hydrogen (secondary N) is 1. The van der Waals surface area contributed by atoms with E-state index < -0.39 is 22.9 Å². The van der Waals surface area contributed by atoms with Crippen molar-refractivity contribution in [2.45, 2.75) is 24.3 Å². The second-order valence-electron chi connectivity index (χ2n) is 8.54. The molecule has 3 aromatic rings. The van der Waals surface area contributed by atoms with Gasteiger partial charge in [-0.15, -0.1) is 0 Å². The molecule has 1 fully saturated rings. The van der Waals surface area contributed by atoms with Gasteiger partial charge in [-0.25, -0.2) is 4.99 Å². The number of anilines is 1. The van der Waals surface area contributed by atoms with E-state index in [0.717, 1.165) is 29.5 Å². The van der Waals surface area contributed by atoms with Gasteiger partial charge in [-0.2, -0.15) is 13.2 Å². The summed E-state index contributed by atoms with van der Waals surface area (Å²) in [7, 11) is 1.56. The summed E-state index contributed by atoms with van der Waals surface area (Å²) in [6.07, 6.45) is -4.23. The van der Waals surface area contributed by atoms with Crippen LogP contribution >= 0.6 is 35.0 Å². The summed E-state index contributed by atoms with van der Waals surface area (Å²) in [5.41, 5.74) is 0.416. The Labute approximate surface area is 237 Å². The fraction of sp³-hybridized carbons (Fsp3) is 0.222. The number of amides is 2. The number of amidine groups is 1. The average Bonchev–Trinajstić information content (AvgIpc) is 2.87. The van der Waals surface area contributed by atoms with Crippen molar-refractivity contribution in [1.29, 1.82) is 0 Å². The molecule has 3 aromatic carbocycles. The molecular formula is C27H22Cl2F3N3O3S. The van der Waals surface area contributed by atoms with Crippen LogP contribution in [0.15, 0.2) is 71.7 Å². The molecule has 1 aliphatic rings. The minimum atomic E-state index is -4.56. The number of ether oxygens (including phenoxy) is 1. The van der Waals surface area contributed by atoms with Gasteiger partial charge in [0.15, 0.2) is 5.17 Å². The Morgan fingerprint density at radius 3 is 2.44 bits per heavy atom. The molecule has 1 unspecified atom stereocenters. The zero-order chi connectivity index (χ0) is 28.2. The molecule has 39 heavy (non-hydrogen) atoms. The van der Waals surface area contributed by atoms with E-state index in [1.54, 1.807) is 19.2 Å². The first-order valence-electron chi connectivity index (χ1n) is 11.6. The van der Waals surface area contributed by atoms with E-state index in [2.05, 4.69) is 10.3 Å². The van der Waals surface area contributed by atoms with Crippen LogP contribution in [0.4, 0.5) is 24.5 Å². The molecule has 1 saturated heterocycles. The Balaban J connectivity index is 1.60. The number of hydrogen-bond donors (Lipinski definition) is 1. The lowest BCUT2D eigenvalue weighted by atomic mass is 10.1. The van der Waals surface area contributed by atoms with Gasteiger partial charge in [0.2, 0.25) is 11.8 Å². The first-order chi connectivity index (χ1) is 18.5. The van der Waals surface area contributed by atoms with Crippen molar-refractivity contribution >= 4 is 63.3 Å². The summed E-state index contributed by atoms with van der Waals surface area (Å²) in [5, 5.41) is 2.59. The molecule has 2 amide bonds. The number of halogens is 5. The standard InChI is InChI=1S/C27H22Cl2F3N3O3S/c1-38-22-7-5-16(6-8-22)9-10-35-24(36)15-23(25(37)33-21-13-18(28)12-19(29)14-21)39-26(35)34-20-4-2-3-17(11-20)27(30,31)32/h2-8,11-14,23H,9-10,15H2,1H3,(H,33,37). The van der Waals surface area contributed by atoms with Gasteiger partial charge in [0, 0.05) is 28.7 Å². The van der Waals surface area contributed by atoms with Crippen LogP contribution in [0.5, 0.6) is 5.75 Å². The zero-order valence-corrected chi connectivity index (χ0v) is 22.8. The first-order valence-corrected chi connectivity index (χ1v) is 13.3. The summed E-state index contributed by atoms with van der Waals surface area (Å²) >= 11 is 13.0. The van der Waals surface area contributed by atoms with Gasteiger partial charge in [-0.05, 0) is 60.5 Å². The predicted molar refractivity (Wildman–Crippen MR) is 148 cm³/mol. The summed E-state index contributed by atoms with van der Waals surface area (Å²) in [6.45, 7) is 0.216. The number of methoxy groups -OCH3 is 1. The highest BCUT2D eigenvalue weighted by molar-refractivity contribution is 8.15. The number of benzene rings is 3. The van der Waals surface area contributed by atoms with Crippen molar-refractivity contribution in [2.24, 2.45) is 4.99 Å². The molecule has 1 N–H and O–H groups in total. The van der Waals surface area contributed by atoms with Gasteiger partial charge >= 0.3 is 6.18 Å². The number of carbonyl (C=O) groups is 2. The topological polar surface area (TPSA) is 71.0 Å². The van der Waals surface area contributed by atoms with Crippen LogP contribution in [0.25, 0.3) is 0 Å². The quantitative estimate of drug-likeness (QED) is 0.313. The second kappa shape index (κ2) is 12.3. The van der Waals surface area contributed by atoms with Crippen molar-refractivity contribution in [1.82, 2.24) is 4.90 Å². The Kier molecular flexibility index (Phi) is 9.09. The monoisotopic (exact) mass is 595 g/mol. The Bertz CT molecular complexity index is 1380. The van der Waals surface area contributed by atoms with E-state index in [1.807, 2.05) is 12.1 Å². The third-order valence-corrected chi connectivity index (χ3v) is 7.37. The lowest BCUT2D eigenvalue weighted by Crippen LogP contribution is -2.46. The second-order valence-corrected chi connectivity index (χ2v) is 10.6. The Morgan fingerprint density at radius 2 is 1.79 bits per heavy atom. The molecule has 0 saturated carbocycles. The van der Waals surface area contributed by atoms with Gasteiger partial charge in [0.1, 0.15) is 11.0 Å². The molecule has 0 bridgehead atoms. The van der Waals surface area contributed by atoms with Crippen LogP contribution in [-0.2, 0) is 22.2 Å². The van der Waals surface area contributed by atoms with Gasteiger partial charge in [0.25, 0.3) is 0 Å². The van der Waals surface area contributed by atoms with E-state index in [9.17, 15) is 22.8 Å². The number of rotatable bonds is 7. The molecule has 1 heterocycles. The molecule has 1 aliphatic heterocycles. The molecule has 0 aromatic heterocycles. The average molecular weight is 596 g/mol. The molecule has 6 nitrogen and oxygen atoms in total. The number of thioether (sulfide) groups is 1. The molecule has 0 radical (unpaired) electrons. The van der Waals surface area contributed by atoms with E-state index >= 15 is 0 Å². The smallest absolute Gasteiger partial charge is 0.416 e. The Morgan fingerprint density at radius 1 is 1.10 bits per heavy atom. The van der Waals surface area contributed by atoms with Gasteiger partial charge in [0.05, 0.1) is 18.4 Å². The van der Waals surface area contributed by atoms with Crippen LogP contribution in [0.1, 0.15) is 17.5 Å². The minimum Gasteiger partial charge on any atom is -0.497 e. The highest BCUT2D eigenvalue weighted by Gasteiger charge is 2.36. The van der Waals surface area contributed by atoms with Crippen LogP contribution in [0, 0.1) is 0 Å². The summed E-state index contributed by atoms with van der Waals surface area (Å²) in [6, 6.07) is 16.3. The third kappa shape index (κ3) is 7.68. The maximum atomic E-state index is 13.3. The number of alkyl halides is 3. The largest absolute Gasteiger partial charge is 0.497 e. The fourth-order valence-electron chi connectivity index (χ4n) is 3.81. The van der Waals surface area contributed by atoms with Crippen molar-refractivity contribution in [3.63, 3.8) is 0 Å². The van der Waals surface area contributed by atoms with Gasteiger partial charge < -0.3 is 10.1 Å². The van der Waals surface area contributed by atoms with E-state index in [4.69, 9.17) is 27.9 Å². The molecule has 0 aliphatic carbocycles. The minimum absolute atomic E-state index is 0.0113. The maximum Gasteiger partial charge on any atom is 0.416 e. The van der Waals surface area contributed by atoms with Crippen LogP contribution < -0.4 is 10.1 Å². The summed E-state index contributed by atoms with van der Waals surface area (Å²) in [5.74, 6) is -0.180. The molecule has 12 heteroatoms. The highest BCUT2D eigenvalue weighted by atomic mass is 35.5. The van der Waals surface area contributed by atoms with Gasteiger partial charge in [-0.1, -0.05) is 53.2 Å². The third-order valence-electron chi connectivity index (χ3n) is 5.74. The van der Waals surface area contributed by atoms with Crippen LogP contribution in [-0.4, -0.2) is 40.8 Å². The van der Waals surface area contributed by atoms with E-state index in [0.29, 0.717) is 27.9 Å². The fourth-order valence-corrected chi connectivity index (χ4v) is 5.46. The number of hydrogen-bond acceptors (Lipinski definition) is 5. The predicted octanol–water partition coefficient (Wildman–Crippen LogP) is 7.22. The van der Waals surface area contributed by atoms with Crippen LogP contribution in [0.2, 0.25) is 10.0 Å². The molecule has 204 valence electrons. The number of nitrogens with zero attached hydrogens (tertiary/aromatic N) is 2. The molecular weight excluding hydrogens is 574 g/mol. The summed E-state index contributed by atoms with van der Waals surface area (Å²) < 4.78 is 45.0. The van der Waals surface area contributed by atoms with Crippen LogP contribution in [0.3, 0.4) is 0 Å². The van der Waals surface area contributed by atoms with E-state index in [-0.39, 0.29) is 29.7 Å².